The summed E-state index contributed by atoms with van der Waals surface area (Å²) >= 11 is 0. The average molecular weight is 343 g/mol. The minimum Gasteiger partial charge on any atom is -0.368 e. The predicted molar refractivity (Wildman–Crippen MR) is 93.5 cm³/mol. The van der Waals surface area contributed by atoms with Crippen LogP contribution >= 0.6 is 0 Å². The first-order valence-electron chi connectivity index (χ1n) is 8.39. The van der Waals surface area contributed by atoms with Crippen LogP contribution in [0.4, 0.5) is 10.2 Å². The molecule has 0 spiro atoms. The number of halogens is 1. The number of anilines is 1. The molecule has 2 atom stereocenters. The van der Waals surface area contributed by atoms with Gasteiger partial charge in [-0.3, -0.25) is 10.1 Å². The van der Waals surface area contributed by atoms with Gasteiger partial charge in [-0.25, -0.2) is 4.39 Å². The maximum absolute atomic E-state index is 13.1. The predicted octanol–water partition coefficient (Wildman–Crippen LogP) is 1.71. The van der Waals surface area contributed by atoms with Crippen molar-refractivity contribution >= 4 is 11.7 Å². The molecule has 7 heteroatoms. The second kappa shape index (κ2) is 7.57. The van der Waals surface area contributed by atoms with Crippen LogP contribution in [0.5, 0.6) is 0 Å². The summed E-state index contributed by atoms with van der Waals surface area (Å²) in [5.74, 6) is 0.0159. The average Bonchev–Trinajstić information content (AvgIpc) is 2.61. The number of benzene rings is 1. The standard InChI is InChI=1S/C18H22FN5O/c1-12-4-9-16(23-22-12)24-10-2-3-15(11-24)21-17(18(20)25)13-5-7-14(19)8-6-13/h4-9,15,17,21H,2-3,10-11H2,1H3,(H2,20,25)/t15-,17-/m0/s1. The number of nitrogens with zero attached hydrogens (tertiary/aromatic N) is 3. The van der Waals surface area contributed by atoms with Crippen LogP contribution in [0.1, 0.15) is 30.1 Å². The Morgan fingerprint density at radius 3 is 2.68 bits per heavy atom. The number of hydrogen-bond acceptors (Lipinski definition) is 5. The summed E-state index contributed by atoms with van der Waals surface area (Å²) in [6.45, 7) is 3.51. The Morgan fingerprint density at radius 1 is 1.28 bits per heavy atom. The maximum atomic E-state index is 13.1. The largest absolute Gasteiger partial charge is 0.368 e. The molecule has 1 aliphatic heterocycles. The lowest BCUT2D eigenvalue weighted by molar-refractivity contribution is -0.120. The smallest absolute Gasteiger partial charge is 0.239 e. The normalized spacial score (nSPS) is 18.8. The Labute approximate surface area is 146 Å². The Bertz CT molecular complexity index is 719. The van der Waals surface area contributed by atoms with Crippen molar-refractivity contribution in [1.29, 1.82) is 0 Å². The van der Waals surface area contributed by atoms with Crippen LogP contribution in [-0.2, 0) is 4.79 Å². The van der Waals surface area contributed by atoms with Gasteiger partial charge in [0.1, 0.15) is 11.9 Å². The number of primary amides is 1. The van der Waals surface area contributed by atoms with Crippen LogP contribution in [0.2, 0.25) is 0 Å². The second-order valence-electron chi connectivity index (χ2n) is 6.37. The van der Waals surface area contributed by atoms with E-state index in [0.29, 0.717) is 12.1 Å². The fraction of sp³-hybridized carbons (Fsp3) is 0.389. The van der Waals surface area contributed by atoms with Gasteiger partial charge >= 0.3 is 0 Å². The number of carbonyl (C=O) groups excluding carboxylic acids is 1. The summed E-state index contributed by atoms with van der Waals surface area (Å²) in [5.41, 5.74) is 7.10. The quantitative estimate of drug-likeness (QED) is 0.863. The molecule has 1 aromatic carbocycles. The van der Waals surface area contributed by atoms with E-state index in [4.69, 9.17) is 5.73 Å². The Hall–Kier alpha value is -2.54. The molecule has 25 heavy (non-hydrogen) atoms. The summed E-state index contributed by atoms with van der Waals surface area (Å²) in [4.78, 5) is 14.0. The van der Waals surface area contributed by atoms with Crippen molar-refractivity contribution in [2.45, 2.75) is 31.8 Å². The van der Waals surface area contributed by atoms with Crippen molar-refractivity contribution in [2.24, 2.45) is 5.73 Å². The highest BCUT2D eigenvalue weighted by Crippen LogP contribution is 2.21. The number of aromatic nitrogens is 2. The number of nitrogens with one attached hydrogen (secondary N) is 1. The van der Waals surface area contributed by atoms with E-state index in [1.165, 1.54) is 12.1 Å². The minimum absolute atomic E-state index is 0.0828. The van der Waals surface area contributed by atoms with Crippen LogP contribution in [-0.4, -0.2) is 35.2 Å². The highest BCUT2D eigenvalue weighted by Gasteiger charge is 2.26. The Balaban J connectivity index is 1.70. The third kappa shape index (κ3) is 4.30. The highest BCUT2D eigenvalue weighted by molar-refractivity contribution is 5.81. The number of hydrogen-bond donors (Lipinski definition) is 2. The van der Waals surface area contributed by atoms with E-state index in [1.807, 2.05) is 19.1 Å². The van der Waals surface area contributed by atoms with Gasteiger partial charge < -0.3 is 10.6 Å². The van der Waals surface area contributed by atoms with Crippen molar-refractivity contribution in [3.05, 3.63) is 53.5 Å². The monoisotopic (exact) mass is 343 g/mol. The second-order valence-corrected chi connectivity index (χ2v) is 6.37. The number of aryl methyl sites for hydroxylation is 1. The van der Waals surface area contributed by atoms with Gasteiger partial charge in [-0.15, -0.1) is 5.10 Å². The molecule has 0 radical (unpaired) electrons. The van der Waals surface area contributed by atoms with E-state index < -0.39 is 11.9 Å². The van der Waals surface area contributed by atoms with E-state index in [1.54, 1.807) is 12.1 Å². The molecule has 2 heterocycles. The van der Waals surface area contributed by atoms with Gasteiger partial charge in [-0.05, 0) is 49.6 Å². The molecule has 3 N–H and O–H groups in total. The molecule has 6 nitrogen and oxygen atoms in total. The maximum Gasteiger partial charge on any atom is 0.239 e. The minimum atomic E-state index is -0.644. The first-order chi connectivity index (χ1) is 12.0. The van der Waals surface area contributed by atoms with Gasteiger partial charge in [-0.1, -0.05) is 12.1 Å². The van der Waals surface area contributed by atoms with Gasteiger partial charge in [-0.2, -0.15) is 5.10 Å². The Morgan fingerprint density at radius 2 is 2.04 bits per heavy atom. The van der Waals surface area contributed by atoms with Crippen LogP contribution in [0.25, 0.3) is 0 Å². The molecule has 0 unspecified atom stereocenters. The number of piperidine rings is 1. The summed E-state index contributed by atoms with van der Waals surface area (Å²) in [5, 5.41) is 11.7. The van der Waals surface area contributed by atoms with Gasteiger partial charge in [0.25, 0.3) is 0 Å². The molecule has 1 saturated heterocycles. The molecule has 1 fully saturated rings. The van der Waals surface area contributed by atoms with Gasteiger partial charge in [0, 0.05) is 19.1 Å². The third-order valence-corrected chi connectivity index (χ3v) is 4.42. The lowest BCUT2D eigenvalue weighted by atomic mass is 10.0. The summed E-state index contributed by atoms with van der Waals surface area (Å²) in [6.07, 6.45) is 1.91. The number of nitrogens with two attached hydrogens (primary N) is 1. The zero-order chi connectivity index (χ0) is 17.8. The van der Waals surface area contributed by atoms with E-state index >= 15 is 0 Å². The zero-order valence-electron chi connectivity index (χ0n) is 14.2. The number of rotatable bonds is 5. The number of amides is 1. The lowest BCUT2D eigenvalue weighted by Crippen LogP contribution is -2.49. The first kappa shape index (κ1) is 17.3. The number of carbonyl (C=O) groups is 1. The van der Waals surface area contributed by atoms with Crippen LogP contribution < -0.4 is 16.0 Å². The molecule has 1 aliphatic rings. The van der Waals surface area contributed by atoms with E-state index in [-0.39, 0.29) is 11.9 Å². The summed E-state index contributed by atoms with van der Waals surface area (Å²) in [7, 11) is 0. The molecule has 132 valence electrons. The molecule has 3 rings (SSSR count). The molecular weight excluding hydrogens is 321 g/mol. The van der Waals surface area contributed by atoms with Crippen molar-refractivity contribution in [1.82, 2.24) is 15.5 Å². The fourth-order valence-electron chi connectivity index (χ4n) is 3.12. The fourth-order valence-corrected chi connectivity index (χ4v) is 3.12. The van der Waals surface area contributed by atoms with Crippen molar-refractivity contribution in [3.63, 3.8) is 0 Å². The van der Waals surface area contributed by atoms with Crippen molar-refractivity contribution in [3.8, 4) is 0 Å². The van der Waals surface area contributed by atoms with Crippen LogP contribution in [0.15, 0.2) is 36.4 Å². The van der Waals surface area contributed by atoms with Gasteiger partial charge in [0.2, 0.25) is 5.91 Å². The molecule has 0 saturated carbocycles. The van der Waals surface area contributed by atoms with Crippen molar-refractivity contribution < 1.29 is 9.18 Å². The SMILES string of the molecule is Cc1ccc(N2CCC[C@H](N[C@H](C(N)=O)c3ccc(F)cc3)C2)nn1. The third-order valence-electron chi connectivity index (χ3n) is 4.42. The molecule has 1 aromatic heterocycles. The van der Waals surface area contributed by atoms with Crippen LogP contribution in [0, 0.1) is 12.7 Å². The van der Waals surface area contributed by atoms with Gasteiger partial charge in [0.15, 0.2) is 5.82 Å². The molecule has 0 bridgehead atoms. The molecule has 1 amide bonds. The van der Waals surface area contributed by atoms with Crippen LogP contribution in [0.3, 0.4) is 0 Å². The lowest BCUT2D eigenvalue weighted by Gasteiger charge is -2.35. The summed E-state index contributed by atoms with van der Waals surface area (Å²) < 4.78 is 13.1. The Kier molecular flexibility index (Phi) is 5.23. The van der Waals surface area contributed by atoms with Gasteiger partial charge in [0.05, 0.1) is 5.69 Å². The highest BCUT2D eigenvalue weighted by atomic mass is 19.1. The first-order valence-corrected chi connectivity index (χ1v) is 8.39. The van der Waals surface area contributed by atoms with Crippen molar-refractivity contribution in [2.75, 3.05) is 18.0 Å². The molecule has 2 aromatic rings. The van der Waals surface area contributed by atoms with E-state index in [0.717, 1.165) is 30.9 Å². The van der Waals surface area contributed by atoms with E-state index in [9.17, 15) is 9.18 Å². The van der Waals surface area contributed by atoms with E-state index in [2.05, 4.69) is 20.4 Å². The molecule has 0 aliphatic carbocycles. The topological polar surface area (TPSA) is 84.1 Å². The summed E-state index contributed by atoms with van der Waals surface area (Å²) in [6, 6.07) is 9.17. The zero-order valence-corrected chi connectivity index (χ0v) is 14.2. The molecular formula is C18H22FN5O.